The van der Waals surface area contributed by atoms with Gasteiger partial charge in [-0.2, -0.15) is 0 Å². The maximum Gasteiger partial charge on any atom is 0.313 e. The molecule has 0 saturated carbocycles. The molecule has 0 amide bonds. The van der Waals surface area contributed by atoms with Crippen LogP contribution in [0.15, 0.2) is 0 Å². The zero-order valence-electron chi connectivity index (χ0n) is 11.9. The van der Waals surface area contributed by atoms with Crippen molar-refractivity contribution in [1.82, 2.24) is 0 Å². The fourth-order valence-corrected chi connectivity index (χ4v) is 2.07. The van der Waals surface area contributed by atoms with E-state index in [1.54, 1.807) is 0 Å². The van der Waals surface area contributed by atoms with Crippen LogP contribution >= 0.6 is 0 Å². The van der Waals surface area contributed by atoms with Gasteiger partial charge >= 0.3 is 5.97 Å². The highest BCUT2D eigenvalue weighted by Crippen LogP contribution is 2.37. The minimum Gasteiger partial charge on any atom is -0.469 e. The van der Waals surface area contributed by atoms with E-state index >= 15 is 0 Å². The maximum atomic E-state index is 11.5. The van der Waals surface area contributed by atoms with Crippen LogP contribution in [0.4, 0.5) is 0 Å². The zero-order valence-corrected chi connectivity index (χ0v) is 12.9. The molecule has 0 atom stereocenters. The first-order chi connectivity index (χ1) is 6.94. The van der Waals surface area contributed by atoms with Gasteiger partial charge in [0.2, 0.25) is 0 Å². The van der Waals surface area contributed by atoms with E-state index in [-0.39, 0.29) is 11.0 Å². The Balaban J connectivity index is 4.52. The van der Waals surface area contributed by atoms with E-state index in [1.807, 2.05) is 13.8 Å². The summed E-state index contributed by atoms with van der Waals surface area (Å²) in [5.74, 6) is -0.216. The molecule has 0 heterocycles. The third kappa shape index (κ3) is 3.90. The normalized spacial score (nSPS) is 13.8. The first kappa shape index (κ1) is 15.6. The number of hydrogen-bond donors (Lipinski definition) is 0. The van der Waals surface area contributed by atoms with Gasteiger partial charge in [0.25, 0.3) is 0 Å². The molecule has 0 N–H and O–H groups in total. The van der Waals surface area contributed by atoms with Gasteiger partial charge in [-0.1, -0.05) is 20.8 Å². The molecule has 0 aromatic carbocycles. The summed E-state index contributed by atoms with van der Waals surface area (Å²) in [5, 5.41) is 0.166. The molecule has 0 aromatic heterocycles. The van der Waals surface area contributed by atoms with Crippen LogP contribution in [0, 0.1) is 5.41 Å². The lowest BCUT2D eigenvalue weighted by molar-refractivity contribution is -0.152. The van der Waals surface area contributed by atoms with Crippen molar-refractivity contribution in [3.63, 3.8) is 0 Å². The minimum absolute atomic E-state index is 0.166. The van der Waals surface area contributed by atoms with Gasteiger partial charge in [-0.3, -0.25) is 4.79 Å². The van der Waals surface area contributed by atoms with Crippen LogP contribution in [0.1, 0.15) is 34.6 Å². The smallest absolute Gasteiger partial charge is 0.313 e. The molecule has 0 rings (SSSR count). The molecule has 0 bridgehead atoms. The third-order valence-corrected chi connectivity index (χ3v) is 7.82. The van der Waals surface area contributed by atoms with Crippen LogP contribution in [0.25, 0.3) is 0 Å². The van der Waals surface area contributed by atoms with Crippen molar-refractivity contribution in [3.05, 3.63) is 0 Å². The van der Waals surface area contributed by atoms with Gasteiger partial charge in [-0.05, 0) is 32.0 Å². The molecule has 0 aliphatic rings. The second-order valence-corrected chi connectivity index (χ2v) is 11.2. The SMILES string of the molecule is COC(=O)C(C)(C)CO[Si](C)(C)C(C)(C)C. The number of carbonyl (C=O) groups is 1. The monoisotopic (exact) mass is 246 g/mol. The topological polar surface area (TPSA) is 35.5 Å². The zero-order chi connectivity index (χ0) is 13.2. The molecule has 0 unspecified atom stereocenters. The van der Waals surface area contributed by atoms with Crippen LogP contribution in [-0.2, 0) is 14.0 Å². The molecule has 16 heavy (non-hydrogen) atoms. The van der Waals surface area contributed by atoms with Crippen molar-refractivity contribution >= 4 is 14.3 Å². The van der Waals surface area contributed by atoms with E-state index in [4.69, 9.17) is 9.16 Å². The summed E-state index contributed by atoms with van der Waals surface area (Å²) in [7, 11) is -0.368. The summed E-state index contributed by atoms with van der Waals surface area (Å²) in [6.45, 7) is 15.0. The van der Waals surface area contributed by atoms with Crippen LogP contribution < -0.4 is 0 Å². The Hall–Kier alpha value is -0.353. The predicted molar refractivity (Wildman–Crippen MR) is 68.9 cm³/mol. The van der Waals surface area contributed by atoms with Crippen molar-refractivity contribution in [2.45, 2.75) is 52.8 Å². The highest BCUT2D eigenvalue weighted by atomic mass is 28.4. The van der Waals surface area contributed by atoms with E-state index in [0.717, 1.165) is 0 Å². The highest BCUT2D eigenvalue weighted by Gasteiger charge is 2.40. The van der Waals surface area contributed by atoms with E-state index < -0.39 is 13.7 Å². The lowest BCUT2D eigenvalue weighted by Crippen LogP contribution is -2.44. The number of ether oxygens (including phenoxy) is 1. The number of esters is 1. The molecule has 0 aliphatic heterocycles. The Morgan fingerprint density at radius 3 is 1.88 bits per heavy atom. The molecule has 3 nitrogen and oxygen atoms in total. The molecule has 0 aromatic rings. The Kier molecular flexibility index (Phi) is 4.77. The molecule has 96 valence electrons. The molecular weight excluding hydrogens is 220 g/mol. The Morgan fingerprint density at radius 2 is 1.56 bits per heavy atom. The second kappa shape index (κ2) is 4.88. The summed E-state index contributed by atoms with van der Waals surface area (Å²) in [5.41, 5.74) is -0.565. The summed E-state index contributed by atoms with van der Waals surface area (Å²) >= 11 is 0. The molecule has 0 radical (unpaired) electrons. The van der Waals surface area contributed by atoms with Crippen LogP contribution in [-0.4, -0.2) is 28.0 Å². The van der Waals surface area contributed by atoms with Crippen molar-refractivity contribution in [1.29, 1.82) is 0 Å². The van der Waals surface area contributed by atoms with Gasteiger partial charge in [-0.15, -0.1) is 0 Å². The van der Waals surface area contributed by atoms with Crippen molar-refractivity contribution < 1.29 is 14.0 Å². The van der Waals surface area contributed by atoms with Gasteiger partial charge < -0.3 is 9.16 Å². The first-order valence-corrected chi connectivity index (χ1v) is 8.57. The molecule has 0 saturated heterocycles. The van der Waals surface area contributed by atoms with E-state index in [1.165, 1.54) is 7.11 Å². The molecule has 0 spiro atoms. The Bertz CT molecular complexity index is 251. The van der Waals surface area contributed by atoms with E-state index in [2.05, 4.69) is 33.9 Å². The van der Waals surface area contributed by atoms with Gasteiger partial charge in [0.05, 0.1) is 12.5 Å². The predicted octanol–water partition coefficient (Wildman–Crippen LogP) is 3.21. The Morgan fingerprint density at radius 1 is 1.12 bits per heavy atom. The lowest BCUT2D eigenvalue weighted by Gasteiger charge is -2.38. The van der Waals surface area contributed by atoms with Crippen molar-refractivity contribution in [2.75, 3.05) is 13.7 Å². The van der Waals surface area contributed by atoms with Crippen molar-refractivity contribution in [2.24, 2.45) is 5.41 Å². The average Bonchev–Trinajstić information content (AvgIpc) is 2.12. The fraction of sp³-hybridized carbons (Fsp3) is 0.917. The number of rotatable bonds is 4. The van der Waals surface area contributed by atoms with Gasteiger partial charge in [0.15, 0.2) is 8.32 Å². The van der Waals surface area contributed by atoms with Gasteiger partial charge in [0, 0.05) is 6.61 Å². The largest absolute Gasteiger partial charge is 0.469 e. The van der Waals surface area contributed by atoms with Gasteiger partial charge in [0.1, 0.15) is 0 Å². The fourth-order valence-electron chi connectivity index (χ4n) is 0.913. The van der Waals surface area contributed by atoms with Gasteiger partial charge in [-0.25, -0.2) is 0 Å². The second-order valence-electron chi connectivity index (χ2n) is 6.42. The van der Waals surface area contributed by atoms with E-state index in [0.29, 0.717) is 6.61 Å². The number of carbonyl (C=O) groups excluding carboxylic acids is 1. The Labute approximate surface area is 101 Å². The van der Waals surface area contributed by atoms with Crippen LogP contribution in [0.3, 0.4) is 0 Å². The highest BCUT2D eigenvalue weighted by molar-refractivity contribution is 6.74. The standard InChI is InChI=1S/C12H26O3Si/c1-11(2,3)16(7,8)15-9-12(4,5)10(13)14-6/h9H2,1-8H3. The number of hydrogen-bond acceptors (Lipinski definition) is 3. The third-order valence-electron chi connectivity index (χ3n) is 3.34. The maximum absolute atomic E-state index is 11.5. The lowest BCUT2D eigenvalue weighted by atomic mass is 9.95. The minimum atomic E-state index is -1.78. The average molecular weight is 246 g/mol. The molecular formula is C12H26O3Si. The quantitative estimate of drug-likeness (QED) is 0.564. The van der Waals surface area contributed by atoms with Crippen LogP contribution in [0.5, 0.6) is 0 Å². The summed E-state index contributed by atoms with van der Waals surface area (Å²) < 4.78 is 10.8. The van der Waals surface area contributed by atoms with Crippen molar-refractivity contribution in [3.8, 4) is 0 Å². The molecule has 4 heteroatoms. The summed E-state index contributed by atoms with van der Waals surface area (Å²) in [6, 6.07) is 0. The first-order valence-electron chi connectivity index (χ1n) is 5.66. The van der Waals surface area contributed by atoms with Crippen LogP contribution in [0.2, 0.25) is 18.1 Å². The molecule has 0 aliphatic carbocycles. The van der Waals surface area contributed by atoms with E-state index in [9.17, 15) is 4.79 Å². The summed E-state index contributed by atoms with van der Waals surface area (Å²) in [4.78, 5) is 11.5. The molecule has 0 fully saturated rings. The number of methoxy groups -OCH3 is 1. The summed E-state index contributed by atoms with van der Waals surface area (Å²) in [6.07, 6.45) is 0.